The first-order chi connectivity index (χ1) is 12.9. The van der Waals surface area contributed by atoms with E-state index in [1.807, 2.05) is 32.9 Å². The molecule has 0 fully saturated rings. The predicted molar refractivity (Wildman–Crippen MR) is 103 cm³/mol. The van der Waals surface area contributed by atoms with Crippen molar-refractivity contribution in [3.8, 4) is 23.0 Å². The fraction of sp³-hybridized carbons (Fsp3) is 0.300. The quantitative estimate of drug-likeness (QED) is 0.576. The molecule has 0 spiro atoms. The van der Waals surface area contributed by atoms with Crippen LogP contribution in [0.2, 0.25) is 0 Å². The van der Waals surface area contributed by atoms with Crippen molar-refractivity contribution in [3.05, 3.63) is 46.5 Å². The van der Waals surface area contributed by atoms with E-state index < -0.39 is 0 Å². The van der Waals surface area contributed by atoms with Gasteiger partial charge >= 0.3 is 0 Å². The van der Waals surface area contributed by atoms with Crippen LogP contribution in [0.1, 0.15) is 22.3 Å². The molecule has 0 saturated carbocycles. The maximum atomic E-state index is 12.0. The second-order valence-corrected chi connectivity index (χ2v) is 6.01. The summed E-state index contributed by atoms with van der Waals surface area (Å²) in [5.74, 6) is 0.719. The van der Waals surface area contributed by atoms with Gasteiger partial charge in [-0.05, 0) is 49.6 Å². The molecule has 7 nitrogen and oxygen atoms in total. The molecule has 0 aliphatic carbocycles. The molecule has 0 atom stereocenters. The lowest BCUT2D eigenvalue weighted by Crippen LogP contribution is -2.25. The van der Waals surface area contributed by atoms with Gasteiger partial charge in [0.25, 0.3) is 5.91 Å². The number of phenolic OH excluding ortho intramolecular Hbond substituents is 1. The molecule has 2 N–H and O–H groups in total. The highest BCUT2D eigenvalue weighted by Gasteiger charge is 2.11. The van der Waals surface area contributed by atoms with Gasteiger partial charge in [-0.3, -0.25) is 4.79 Å². The fourth-order valence-corrected chi connectivity index (χ4v) is 2.48. The smallest absolute Gasteiger partial charge is 0.277 e. The van der Waals surface area contributed by atoms with Crippen LogP contribution in [0.3, 0.4) is 0 Å². The number of hydrogen-bond donors (Lipinski definition) is 2. The normalized spacial score (nSPS) is 10.7. The Labute approximate surface area is 158 Å². The molecular weight excluding hydrogens is 348 g/mol. The molecule has 0 saturated heterocycles. The minimum Gasteiger partial charge on any atom is -0.502 e. The van der Waals surface area contributed by atoms with Crippen molar-refractivity contribution in [2.24, 2.45) is 5.10 Å². The van der Waals surface area contributed by atoms with Crippen molar-refractivity contribution < 1.29 is 24.1 Å². The number of carbonyl (C=O) groups excluding carboxylic acids is 1. The Morgan fingerprint density at radius 3 is 2.30 bits per heavy atom. The van der Waals surface area contributed by atoms with Gasteiger partial charge in [0.15, 0.2) is 18.1 Å². The van der Waals surface area contributed by atoms with Crippen LogP contribution in [0.5, 0.6) is 23.0 Å². The molecule has 144 valence electrons. The van der Waals surface area contributed by atoms with Crippen LogP contribution >= 0.6 is 0 Å². The van der Waals surface area contributed by atoms with Gasteiger partial charge in [0.2, 0.25) is 5.75 Å². The average Bonchev–Trinajstić information content (AvgIpc) is 2.65. The Morgan fingerprint density at radius 2 is 1.70 bits per heavy atom. The predicted octanol–water partition coefficient (Wildman–Crippen LogP) is 2.86. The molecule has 0 radical (unpaired) electrons. The van der Waals surface area contributed by atoms with E-state index in [9.17, 15) is 9.90 Å². The number of carbonyl (C=O) groups is 1. The molecule has 2 aromatic rings. The summed E-state index contributed by atoms with van der Waals surface area (Å²) < 4.78 is 15.8. The number of rotatable bonds is 7. The van der Waals surface area contributed by atoms with Gasteiger partial charge in [-0.2, -0.15) is 5.10 Å². The first-order valence-corrected chi connectivity index (χ1v) is 8.33. The Kier molecular flexibility index (Phi) is 6.65. The number of ether oxygens (including phenoxy) is 3. The third-order valence-corrected chi connectivity index (χ3v) is 4.13. The van der Waals surface area contributed by atoms with Crippen LogP contribution in [0.15, 0.2) is 29.4 Å². The first-order valence-electron chi connectivity index (χ1n) is 8.33. The number of hydrazone groups is 1. The van der Waals surface area contributed by atoms with E-state index in [1.165, 1.54) is 20.4 Å². The maximum absolute atomic E-state index is 12.0. The number of aromatic hydroxyl groups is 1. The number of amides is 1. The van der Waals surface area contributed by atoms with Crippen LogP contribution in [0.4, 0.5) is 0 Å². The summed E-state index contributed by atoms with van der Waals surface area (Å²) in [5, 5.41) is 13.8. The van der Waals surface area contributed by atoms with Crippen LogP contribution in [-0.2, 0) is 4.79 Å². The summed E-state index contributed by atoms with van der Waals surface area (Å²) in [5.41, 5.74) is 6.08. The number of aryl methyl sites for hydroxylation is 2. The van der Waals surface area contributed by atoms with Gasteiger partial charge in [0.1, 0.15) is 5.75 Å². The highest BCUT2D eigenvalue weighted by Crippen LogP contribution is 2.36. The third-order valence-electron chi connectivity index (χ3n) is 4.13. The molecule has 7 heteroatoms. The molecule has 0 aliphatic heterocycles. The summed E-state index contributed by atoms with van der Waals surface area (Å²) in [4.78, 5) is 12.0. The van der Waals surface area contributed by atoms with Gasteiger partial charge in [-0.15, -0.1) is 0 Å². The Hall–Kier alpha value is -3.22. The van der Waals surface area contributed by atoms with Crippen molar-refractivity contribution in [3.63, 3.8) is 0 Å². The SMILES string of the molecule is COc1cc(C=NNC(=O)COc2c(C)ccc(C)c2C)cc(OC)c1O. The number of benzene rings is 2. The highest BCUT2D eigenvalue weighted by atomic mass is 16.5. The molecule has 2 rings (SSSR count). The van der Waals surface area contributed by atoms with E-state index in [0.29, 0.717) is 11.3 Å². The Bertz CT molecular complexity index is 837. The molecular formula is C20H24N2O5. The fourth-order valence-electron chi connectivity index (χ4n) is 2.48. The Balaban J connectivity index is 1.99. The van der Waals surface area contributed by atoms with E-state index in [1.54, 1.807) is 12.1 Å². The molecule has 2 aromatic carbocycles. The topological polar surface area (TPSA) is 89.4 Å². The number of phenols is 1. The van der Waals surface area contributed by atoms with Crippen molar-refractivity contribution in [1.82, 2.24) is 5.43 Å². The molecule has 0 unspecified atom stereocenters. The lowest BCUT2D eigenvalue weighted by Gasteiger charge is -2.13. The van der Waals surface area contributed by atoms with Crippen LogP contribution in [-0.4, -0.2) is 38.1 Å². The monoisotopic (exact) mass is 372 g/mol. The second kappa shape index (κ2) is 8.93. The maximum Gasteiger partial charge on any atom is 0.277 e. The molecule has 0 heterocycles. The number of methoxy groups -OCH3 is 2. The van der Waals surface area contributed by atoms with Crippen molar-refractivity contribution >= 4 is 12.1 Å². The summed E-state index contributed by atoms with van der Waals surface area (Å²) in [7, 11) is 2.87. The van der Waals surface area contributed by atoms with Crippen LogP contribution in [0.25, 0.3) is 0 Å². The van der Waals surface area contributed by atoms with Crippen LogP contribution in [0, 0.1) is 20.8 Å². The average molecular weight is 372 g/mol. The number of hydrogen-bond acceptors (Lipinski definition) is 6. The number of nitrogens with zero attached hydrogens (tertiary/aromatic N) is 1. The van der Waals surface area contributed by atoms with E-state index >= 15 is 0 Å². The largest absolute Gasteiger partial charge is 0.502 e. The first kappa shape index (κ1) is 20.1. The lowest BCUT2D eigenvalue weighted by molar-refractivity contribution is -0.123. The van der Waals surface area contributed by atoms with E-state index in [0.717, 1.165) is 16.7 Å². The third kappa shape index (κ3) is 4.91. The van der Waals surface area contributed by atoms with Gasteiger partial charge in [0.05, 0.1) is 20.4 Å². The van der Waals surface area contributed by atoms with Crippen LogP contribution < -0.4 is 19.6 Å². The van der Waals surface area contributed by atoms with Gasteiger partial charge in [-0.1, -0.05) is 12.1 Å². The minimum absolute atomic E-state index is 0.0986. The standard InChI is InChI=1S/C20H24N2O5/c1-12-6-7-13(2)20(14(12)3)27-11-18(23)22-21-10-15-8-16(25-4)19(24)17(9-15)26-5/h6-10,24H,11H2,1-5H3,(H,22,23). The molecule has 0 aromatic heterocycles. The minimum atomic E-state index is -0.385. The molecule has 1 amide bonds. The summed E-state index contributed by atoms with van der Waals surface area (Å²) >= 11 is 0. The second-order valence-electron chi connectivity index (χ2n) is 6.01. The summed E-state index contributed by atoms with van der Waals surface area (Å²) in [6.07, 6.45) is 1.42. The summed E-state index contributed by atoms with van der Waals surface area (Å²) in [6.45, 7) is 5.74. The zero-order chi connectivity index (χ0) is 20.0. The molecule has 27 heavy (non-hydrogen) atoms. The van der Waals surface area contributed by atoms with E-state index in [4.69, 9.17) is 14.2 Å². The van der Waals surface area contributed by atoms with Gasteiger partial charge < -0.3 is 19.3 Å². The van der Waals surface area contributed by atoms with Gasteiger partial charge in [0, 0.05) is 5.56 Å². The van der Waals surface area contributed by atoms with Crippen molar-refractivity contribution in [2.75, 3.05) is 20.8 Å². The lowest BCUT2D eigenvalue weighted by atomic mass is 10.1. The highest BCUT2D eigenvalue weighted by molar-refractivity contribution is 5.84. The van der Waals surface area contributed by atoms with Crippen molar-refractivity contribution in [1.29, 1.82) is 0 Å². The molecule has 0 bridgehead atoms. The summed E-state index contributed by atoms with van der Waals surface area (Å²) in [6, 6.07) is 7.12. The van der Waals surface area contributed by atoms with Gasteiger partial charge in [-0.25, -0.2) is 5.43 Å². The zero-order valence-corrected chi connectivity index (χ0v) is 16.1. The number of nitrogens with one attached hydrogen (secondary N) is 1. The Morgan fingerprint density at radius 1 is 1.11 bits per heavy atom. The van der Waals surface area contributed by atoms with E-state index in [-0.39, 0.29) is 29.8 Å². The van der Waals surface area contributed by atoms with E-state index in [2.05, 4.69) is 10.5 Å². The molecule has 0 aliphatic rings. The van der Waals surface area contributed by atoms with Crippen molar-refractivity contribution in [2.45, 2.75) is 20.8 Å². The zero-order valence-electron chi connectivity index (χ0n) is 16.1.